The van der Waals surface area contributed by atoms with Gasteiger partial charge in [-0.25, -0.2) is 13.4 Å². The van der Waals surface area contributed by atoms with Crippen LogP contribution in [-0.2, 0) is 14.6 Å². The van der Waals surface area contributed by atoms with Gasteiger partial charge in [-0.1, -0.05) is 18.2 Å². The maximum absolute atomic E-state index is 12.7. The predicted octanol–water partition coefficient (Wildman–Crippen LogP) is 2.43. The lowest BCUT2D eigenvalue weighted by atomic mass is 10.3. The van der Waals surface area contributed by atoms with Crippen LogP contribution in [0.5, 0.6) is 0 Å². The van der Waals surface area contributed by atoms with E-state index in [1.165, 1.54) is 18.3 Å². The molecule has 6 nitrogen and oxygen atoms in total. The van der Waals surface area contributed by atoms with Crippen molar-refractivity contribution in [2.45, 2.75) is 10.4 Å². The van der Waals surface area contributed by atoms with E-state index in [-0.39, 0.29) is 11.5 Å². The summed E-state index contributed by atoms with van der Waals surface area (Å²) in [6, 6.07) is 9.30. The number of benzene rings is 1. The predicted molar refractivity (Wildman–Crippen MR) is 81.0 cm³/mol. The summed E-state index contributed by atoms with van der Waals surface area (Å²) in [6.45, 7) is -0.430. The molecule has 0 unspecified atom stereocenters. The Morgan fingerprint density at radius 3 is 2.38 bits per heavy atom. The standard InChI is InChI=1S/C14H12F3N3O3S/c15-14(16,17)24(22,23)11-6-2-1-5-10(11)19-9-13(21)20-12-7-3-4-8-18-12/h1-8,19H,9H2,(H,18,20,21). The molecule has 2 aromatic rings. The Kier molecular flexibility index (Phi) is 5.07. The van der Waals surface area contributed by atoms with E-state index < -0.39 is 32.7 Å². The van der Waals surface area contributed by atoms with E-state index in [2.05, 4.69) is 15.6 Å². The van der Waals surface area contributed by atoms with Gasteiger partial charge in [-0.05, 0) is 24.3 Å². The highest BCUT2D eigenvalue weighted by atomic mass is 32.2. The van der Waals surface area contributed by atoms with Gasteiger partial charge in [-0.3, -0.25) is 4.79 Å². The van der Waals surface area contributed by atoms with Crippen LogP contribution in [0, 0.1) is 0 Å². The van der Waals surface area contributed by atoms with Crippen LogP contribution in [0.1, 0.15) is 0 Å². The quantitative estimate of drug-likeness (QED) is 0.856. The third kappa shape index (κ3) is 4.02. The van der Waals surface area contributed by atoms with Gasteiger partial charge in [0, 0.05) is 6.20 Å². The number of pyridine rings is 1. The summed E-state index contributed by atoms with van der Waals surface area (Å²) >= 11 is 0. The molecule has 1 aromatic carbocycles. The molecular formula is C14H12F3N3O3S. The molecule has 0 saturated carbocycles. The minimum atomic E-state index is -5.52. The van der Waals surface area contributed by atoms with Gasteiger partial charge in [0.25, 0.3) is 9.84 Å². The number of alkyl halides is 3. The summed E-state index contributed by atoms with van der Waals surface area (Å²) < 4.78 is 61.1. The molecule has 2 N–H and O–H groups in total. The number of halogens is 3. The van der Waals surface area contributed by atoms with Crippen LogP contribution in [0.4, 0.5) is 24.7 Å². The van der Waals surface area contributed by atoms with Crippen LogP contribution in [0.25, 0.3) is 0 Å². The number of hydrogen-bond donors (Lipinski definition) is 2. The van der Waals surface area contributed by atoms with Crippen LogP contribution in [0.3, 0.4) is 0 Å². The first-order valence-electron chi connectivity index (χ1n) is 6.57. The van der Waals surface area contributed by atoms with Crippen LogP contribution in [0.15, 0.2) is 53.6 Å². The normalized spacial score (nSPS) is 11.8. The lowest BCUT2D eigenvalue weighted by Gasteiger charge is -2.14. The van der Waals surface area contributed by atoms with Crippen molar-refractivity contribution in [2.24, 2.45) is 0 Å². The van der Waals surface area contributed by atoms with Crippen molar-refractivity contribution in [3.63, 3.8) is 0 Å². The molecule has 0 aliphatic heterocycles. The number of para-hydroxylation sites is 1. The number of sulfone groups is 1. The van der Waals surface area contributed by atoms with Crippen molar-refractivity contribution >= 4 is 27.2 Å². The Bertz CT molecular complexity index is 824. The second-order valence-electron chi connectivity index (χ2n) is 4.56. The van der Waals surface area contributed by atoms with Crippen molar-refractivity contribution in [3.05, 3.63) is 48.7 Å². The Morgan fingerprint density at radius 1 is 1.08 bits per heavy atom. The molecule has 10 heteroatoms. The molecule has 0 aliphatic carbocycles. The number of carbonyl (C=O) groups is 1. The number of amides is 1. The summed E-state index contributed by atoms with van der Waals surface area (Å²) in [5.41, 5.74) is -5.74. The van der Waals surface area contributed by atoms with E-state index >= 15 is 0 Å². The SMILES string of the molecule is O=C(CNc1ccccc1S(=O)(=O)C(F)(F)F)Nc1ccccn1. The summed E-state index contributed by atoms with van der Waals surface area (Å²) in [6.07, 6.45) is 1.45. The first-order chi connectivity index (χ1) is 11.2. The largest absolute Gasteiger partial charge is 0.501 e. The van der Waals surface area contributed by atoms with Crippen molar-refractivity contribution < 1.29 is 26.4 Å². The van der Waals surface area contributed by atoms with Crippen molar-refractivity contribution in [2.75, 3.05) is 17.2 Å². The molecule has 0 aliphatic rings. The fourth-order valence-electron chi connectivity index (χ4n) is 1.77. The molecule has 2 rings (SSSR count). The third-order valence-electron chi connectivity index (χ3n) is 2.85. The van der Waals surface area contributed by atoms with Crippen molar-refractivity contribution in [3.8, 4) is 0 Å². The van der Waals surface area contributed by atoms with Gasteiger partial charge in [0.2, 0.25) is 5.91 Å². The zero-order valence-corrected chi connectivity index (χ0v) is 12.9. The molecule has 1 heterocycles. The van der Waals surface area contributed by atoms with E-state index in [1.54, 1.807) is 12.1 Å². The molecule has 1 amide bonds. The summed E-state index contributed by atoms with van der Waals surface area (Å²) in [7, 11) is -5.52. The monoisotopic (exact) mass is 359 g/mol. The van der Waals surface area contributed by atoms with Gasteiger partial charge in [0.15, 0.2) is 0 Å². The van der Waals surface area contributed by atoms with Gasteiger partial charge in [0.05, 0.1) is 17.1 Å². The average Bonchev–Trinajstić information content (AvgIpc) is 2.53. The fourth-order valence-corrected chi connectivity index (χ4v) is 2.71. The van der Waals surface area contributed by atoms with Gasteiger partial charge in [-0.2, -0.15) is 13.2 Å². The maximum Gasteiger partial charge on any atom is 0.501 e. The van der Waals surface area contributed by atoms with Gasteiger partial charge in [-0.15, -0.1) is 0 Å². The second-order valence-corrected chi connectivity index (χ2v) is 6.47. The minimum Gasteiger partial charge on any atom is -0.375 e. The van der Waals surface area contributed by atoms with Gasteiger partial charge < -0.3 is 10.6 Å². The Labute approximate surface area is 135 Å². The fraction of sp³-hybridized carbons (Fsp3) is 0.143. The first-order valence-corrected chi connectivity index (χ1v) is 8.05. The number of hydrogen-bond acceptors (Lipinski definition) is 5. The number of carbonyl (C=O) groups excluding carboxylic acids is 1. The lowest BCUT2D eigenvalue weighted by molar-refractivity contribution is -0.114. The van der Waals surface area contributed by atoms with Crippen LogP contribution >= 0.6 is 0 Å². The molecule has 0 saturated heterocycles. The summed E-state index contributed by atoms with van der Waals surface area (Å²) in [5, 5.41) is 4.81. The van der Waals surface area contributed by atoms with Crippen LogP contribution in [-0.4, -0.2) is 31.4 Å². The molecular weight excluding hydrogens is 347 g/mol. The third-order valence-corrected chi connectivity index (χ3v) is 4.40. The van der Waals surface area contributed by atoms with E-state index in [1.807, 2.05) is 0 Å². The summed E-state index contributed by atoms with van der Waals surface area (Å²) in [4.78, 5) is 14.7. The highest BCUT2D eigenvalue weighted by Crippen LogP contribution is 2.34. The Morgan fingerprint density at radius 2 is 1.75 bits per heavy atom. The zero-order valence-electron chi connectivity index (χ0n) is 12.0. The van der Waals surface area contributed by atoms with Crippen molar-refractivity contribution in [1.29, 1.82) is 0 Å². The van der Waals surface area contributed by atoms with Gasteiger partial charge >= 0.3 is 5.51 Å². The van der Waals surface area contributed by atoms with E-state index in [4.69, 9.17) is 0 Å². The average molecular weight is 359 g/mol. The topological polar surface area (TPSA) is 88.2 Å². The van der Waals surface area contributed by atoms with Crippen molar-refractivity contribution in [1.82, 2.24) is 4.98 Å². The number of anilines is 2. The lowest BCUT2D eigenvalue weighted by Crippen LogP contribution is -2.26. The minimum absolute atomic E-state index is 0.264. The maximum atomic E-state index is 12.7. The van der Waals surface area contributed by atoms with Crippen LogP contribution in [0.2, 0.25) is 0 Å². The molecule has 0 bridgehead atoms. The molecule has 0 radical (unpaired) electrons. The van der Waals surface area contributed by atoms with Crippen LogP contribution < -0.4 is 10.6 Å². The molecule has 0 fully saturated rings. The Hall–Kier alpha value is -2.62. The number of nitrogens with one attached hydrogen (secondary N) is 2. The van der Waals surface area contributed by atoms with E-state index in [0.29, 0.717) is 0 Å². The Balaban J connectivity index is 2.13. The smallest absolute Gasteiger partial charge is 0.375 e. The van der Waals surface area contributed by atoms with E-state index in [0.717, 1.165) is 18.2 Å². The second kappa shape index (κ2) is 6.87. The highest BCUT2D eigenvalue weighted by Gasteiger charge is 2.47. The number of rotatable bonds is 5. The number of nitrogens with zero attached hydrogens (tertiary/aromatic N) is 1. The highest BCUT2D eigenvalue weighted by molar-refractivity contribution is 7.92. The molecule has 128 valence electrons. The zero-order chi connectivity index (χ0) is 17.8. The summed E-state index contributed by atoms with van der Waals surface area (Å²) in [5.74, 6) is -0.326. The molecule has 24 heavy (non-hydrogen) atoms. The number of aromatic nitrogens is 1. The molecule has 1 aromatic heterocycles. The van der Waals surface area contributed by atoms with Gasteiger partial charge in [0.1, 0.15) is 5.82 Å². The molecule has 0 atom stereocenters. The molecule has 0 spiro atoms. The first kappa shape index (κ1) is 17.7. The van der Waals surface area contributed by atoms with E-state index in [9.17, 15) is 26.4 Å².